The van der Waals surface area contributed by atoms with Gasteiger partial charge in [-0.25, -0.2) is 4.98 Å². The van der Waals surface area contributed by atoms with Gasteiger partial charge < -0.3 is 19.3 Å². The van der Waals surface area contributed by atoms with E-state index >= 15 is 0 Å². The van der Waals surface area contributed by atoms with Crippen LogP contribution >= 0.6 is 22.7 Å². The van der Waals surface area contributed by atoms with E-state index < -0.39 is 0 Å². The SMILES string of the molecule is CCN(CC)c1nc2sc(C(=O)N(C)CCc3ccc(OC)c(OC)c3)cc2s1. The Labute approximate surface area is 179 Å². The number of amides is 1. The molecule has 3 aromatic rings. The topological polar surface area (TPSA) is 54.9 Å². The molecule has 29 heavy (non-hydrogen) atoms. The van der Waals surface area contributed by atoms with Gasteiger partial charge in [-0.2, -0.15) is 0 Å². The number of hydrogen-bond acceptors (Lipinski definition) is 7. The van der Waals surface area contributed by atoms with Gasteiger partial charge in [-0.1, -0.05) is 17.4 Å². The van der Waals surface area contributed by atoms with Gasteiger partial charge in [0, 0.05) is 26.7 Å². The van der Waals surface area contributed by atoms with E-state index in [1.807, 2.05) is 31.3 Å². The fourth-order valence-electron chi connectivity index (χ4n) is 3.08. The molecular weight excluding hydrogens is 406 g/mol. The number of methoxy groups -OCH3 is 2. The van der Waals surface area contributed by atoms with E-state index in [0.717, 1.165) is 44.6 Å². The zero-order valence-electron chi connectivity index (χ0n) is 17.5. The lowest BCUT2D eigenvalue weighted by atomic mass is 10.1. The Bertz CT molecular complexity index is 947. The third-order valence-corrected chi connectivity index (χ3v) is 7.06. The van der Waals surface area contributed by atoms with Gasteiger partial charge in [0.05, 0.1) is 23.8 Å². The third kappa shape index (κ3) is 4.64. The monoisotopic (exact) mass is 433 g/mol. The molecule has 6 nitrogen and oxygen atoms in total. The first-order valence-electron chi connectivity index (χ1n) is 9.62. The van der Waals surface area contributed by atoms with Crippen LogP contribution in [-0.2, 0) is 6.42 Å². The summed E-state index contributed by atoms with van der Waals surface area (Å²) in [6, 6.07) is 7.82. The largest absolute Gasteiger partial charge is 0.493 e. The van der Waals surface area contributed by atoms with Crippen LogP contribution in [0.2, 0.25) is 0 Å². The van der Waals surface area contributed by atoms with Crippen LogP contribution in [0.1, 0.15) is 29.1 Å². The molecule has 156 valence electrons. The minimum Gasteiger partial charge on any atom is -0.493 e. The van der Waals surface area contributed by atoms with Crippen molar-refractivity contribution < 1.29 is 14.3 Å². The number of carbonyl (C=O) groups is 1. The Balaban J connectivity index is 1.66. The second-order valence-corrected chi connectivity index (χ2v) is 8.65. The van der Waals surface area contributed by atoms with E-state index in [4.69, 9.17) is 14.5 Å². The van der Waals surface area contributed by atoms with Crippen LogP contribution in [-0.4, -0.2) is 56.7 Å². The standard InChI is InChI=1S/C21H27N3O3S2/c1-6-24(7-2)21-22-19-17(29-21)13-18(28-19)20(25)23(3)11-10-14-8-9-15(26-4)16(12-14)27-5/h8-9,12-13H,6-7,10-11H2,1-5H3. The van der Waals surface area contributed by atoms with Gasteiger partial charge in [0.15, 0.2) is 16.6 Å². The molecule has 1 aromatic carbocycles. The molecule has 2 aromatic heterocycles. The van der Waals surface area contributed by atoms with Crippen LogP contribution in [0, 0.1) is 0 Å². The molecule has 0 fully saturated rings. The number of nitrogens with zero attached hydrogens (tertiary/aromatic N) is 3. The highest BCUT2D eigenvalue weighted by Gasteiger charge is 2.18. The number of hydrogen-bond donors (Lipinski definition) is 0. The number of carbonyl (C=O) groups excluding carboxylic acids is 1. The number of thiazole rings is 1. The summed E-state index contributed by atoms with van der Waals surface area (Å²) in [6.45, 7) is 6.74. The van der Waals surface area contributed by atoms with Crippen LogP contribution in [0.5, 0.6) is 11.5 Å². The van der Waals surface area contributed by atoms with E-state index in [1.54, 1.807) is 30.5 Å². The molecule has 0 aliphatic heterocycles. The number of ether oxygens (including phenoxy) is 2. The normalized spacial score (nSPS) is 10.9. The predicted octanol–water partition coefficient (Wildman–Crippen LogP) is 4.54. The van der Waals surface area contributed by atoms with Crippen LogP contribution < -0.4 is 14.4 Å². The molecule has 0 unspecified atom stereocenters. The first-order valence-corrected chi connectivity index (χ1v) is 11.3. The highest BCUT2D eigenvalue weighted by atomic mass is 32.1. The van der Waals surface area contributed by atoms with Crippen molar-refractivity contribution in [3.05, 3.63) is 34.7 Å². The Morgan fingerprint density at radius 1 is 1.07 bits per heavy atom. The number of aromatic nitrogens is 1. The average molecular weight is 434 g/mol. The van der Waals surface area contributed by atoms with Crippen LogP contribution in [0.3, 0.4) is 0 Å². The zero-order chi connectivity index (χ0) is 21.0. The number of thiophene rings is 1. The summed E-state index contributed by atoms with van der Waals surface area (Å²) in [5.41, 5.74) is 1.10. The fraction of sp³-hybridized carbons (Fsp3) is 0.429. The summed E-state index contributed by atoms with van der Waals surface area (Å²) >= 11 is 3.12. The quantitative estimate of drug-likeness (QED) is 0.496. The molecule has 0 N–H and O–H groups in total. The Morgan fingerprint density at radius 3 is 2.41 bits per heavy atom. The van der Waals surface area contributed by atoms with Crippen molar-refractivity contribution in [1.82, 2.24) is 9.88 Å². The van der Waals surface area contributed by atoms with Crippen molar-refractivity contribution in [2.45, 2.75) is 20.3 Å². The average Bonchev–Trinajstić information content (AvgIpc) is 3.31. The molecule has 0 aliphatic carbocycles. The first kappa shape index (κ1) is 21.4. The second kappa shape index (κ2) is 9.45. The van der Waals surface area contributed by atoms with Gasteiger partial charge in [-0.3, -0.25) is 4.79 Å². The smallest absolute Gasteiger partial charge is 0.263 e. The molecule has 1 amide bonds. The minimum atomic E-state index is 0.0325. The third-order valence-electron chi connectivity index (χ3n) is 4.85. The first-order chi connectivity index (χ1) is 14.0. The lowest BCUT2D eigenvalue weighted by Crippen LogP contribution is -2.28. The van der Waals surface area contributed by atoms with Gasteiger partial charge in [0.25, 0.3) is 5.91 Å². The van der Waals surface area contributed by atoms with Gasteiger partial charge in [-0.15, -0.1) is 11.3 Å². The lowest BCUT2D eigenvalue weighted by molar-refractivity contribution is 0.0801. The number of likely N-dealkylation sites (N-methyl/N-ethyl adjacent to an activating group) is 1. The summed E-state index contributed by atoms with van der Waals surface area (Å²) in [5.74, 6) is 1.44. The van der Waals surface area contributed by atoms with Gasteiger partial charge in [-0.05, 0) is 44.0 Å². The molecule has 0 saturated heterocycles. The van der Waals surface area contributed by atoms with Crippen molar-refractivity contribution in [3.8, 4) is 11.5 Å². The maximum absolute atomic E-state index is 12.8. The minimum absolute atomic E-state index is 0.0325. The molecule has 0 saturated carbocycles. The Kier molecular flexibility index (Phi) is 6.97. The van der Waals surface area contributed by atoms with Crippen LogP contribution in [0.15, 0.2) is 24.3 Å². The lowest BCUT2D eigenvalue weighted by Gasteiger charge is -2.17. The summed E-state index contributed by atoms with van der Waals surface area (Å²) in [5, 5.41) is 1.03. The van der Waals surface area contributed by atoms with Gasteiger partial charge in [0.2, 0.25) is 0 Å². The van der Waals surface area contributed by atoms with Crippen molar-refractivity contribution in [2.24, 2.45) is 0 Å². The number of benzene rings is 1. The number of rotatable bonds is 9. The van der Waals surface area contributed by atoms with Crippen LogP contribution in [0.4, 0.5) is 5.13 Å². The Hall–Kier alpha value is -2.32. The van der Waals surface area contributed by atoms with Gasteiger partial charge >= 0.3 is 0 Å². The van der Waals surface area contributed by atoms with Gasteiger partial charge in [0.1, 0.15) is 4.83 Å². The van der Waals surface area contributed by atoms with E-state index in [0.29, 0.717) is 18.0 Å². The molecule has 0 radical (unpaired) electrons. The van der Waals surface area contributed by atoms with Crippen molar-refractivity contribution in [2.75, 3.05) is 45.8 Å². The molecule has 0 aliphatic rings. The van der Waals surface area contributed by atoms with E-state index in [2.05, 4.69) is 18.7 Å². The summed E-state index contributed by atoms with van der Waals surface area (Å²) in [4.78, 5) is 23.2. The maximum atomic E-state index is 12.8. The maximum Gasteiger partial charge on any atom is 0.263 e. The molecule has 0 bridgehead atoms. The van der Waals surface area contributed by atoms with E-state index in [1.165, 1.54) is 11.3 Å². The van der Waals surface area contributed by atoms with E-state index in [9.17, 15) is 4.79 Å². The molecular formula is C21H27N3O3S2. The summed E-state index contributed by atoms with van der Waals surface area (Å²) in [6.07, 6.45) is 0.743. The second-order valence-electron chi connectivity index (χ2n) is 6.61. The molecule has 3 rings (SSSR count). The number of fused-ring (bicyclic) bond motifs is 1. The molecule has 8 heteroatoms. The number of anilines is 1. The van der Waals surface area contributed by atoms with Crippen molar-refractivity contribution in [3.63, 3.8) is 0 Å². The molecule has 0 atom stereocenters. The highest BCUT2D eigenvalue weighted by Crippen LogP contribution is 2.35. The molecule has 2 heterocycles. The predicted molar refractivity (Wildman–Crippen MR) is 121 cm³/mol. The Morgan fingerprint density at radius 2 is 1.79 bits per heavy atom. The van der Waals surface area contributed by atoms with Crippen LogP contribution in [0.25, 0.3) is 9.53 Å². The van der Waals surface area contributed by atoms with E-state index in [-0.39, 0.29) is 5.91 Å². The zero-order valence-corrected chi connectivity index (χ0v) is 19.2. The fourth-order valence-corrected chi connectivity index (χ4v) is 5.41. The van der Waals surface area contributed by atoms with Crippen molar-refractivity contribution in [1.29, 1.82) is 0 Å². The molecule has 0 spiro atoms. The highest BCUT2D eigenvalue weighted by molar-refractivity contribution is 7.29. The summed E-state index contributed by atoms with van der Waals surface area (Å²) in [7, 11) is 5.08. The van der Waals surface area contributed by atoms with Crippen molar-refractivity contribution >= 4 is 43.2 Å². The summed E-state index contributed by atoms with van der Waals surface area (Å²) < 4.78 is 11.7.